The van der Waals surface area contributed by atoms with Crippen LogP contribution in [-0.2, 0) is 0 Å². The van der Waals surface area contributed by atoms with E-state index in [1.807, 2.05) is 26.0 Å². The maximum absolute atomic E-state index is 9.67. The number of nitrogens with one attached hydrogen (secondary N) is 1. The van der Waals surface area contributed by atoms with Gasteiger partial charge in [0, 0.05) is 23.5 Å². The van der Waals surface area contributed by atoms with Crippen molar-refractivity contribution in [1.82, 2.24) is 9.97 Å². The Kier molecular flexibility index (Phi) is 3.85. The van der Waals surface area contributed by atoms with Crippen LogP contribution in [0.25, 0.3) is 11.3 Å². The Bertz CT molecular complexity index is 842. The van der Waals surface area contributed by atoms with E-state index in [-0.39, 0.29) is 11.5 Å². The molecule has 2 aromatic carbocycles. The van der Waals surface area contributed by atoms with E-state index in [1.165, 1.54) is 0 Å². The summed E-state index contributed by atoms with van der Waals surface area (Å²) < 4.78 is 0. The van der Waals surface area contributed by atoms with E-state index in [0.29, 0.717) is 11.6 Å². The molecule has 0 atom stereocenters. The maximum atomic E-state index is 9.67. The summed E-state index contributed by atoms with van der Waals surface area (Å²) in [7, 11) is 0. The minimum absolute atomic E-state index is 0.188. The second-order valence-corrected chi connectivity index (χ2v) is 5.46. The summed E-state index contributed by atoms with van der Waals surface area (Å²) >= 11 is 0. The Hall–Kier alpha value is -3.08. The Morgan fingerprint density at radius 3 is 2.52 bits per heavy atom. The normalized spacial score (nSPS) is 10.5. The zero-order valence-electron chi connectivity index (χ0n) is 12.9. The van der Waals surface area contributed by atoms with Crippen LogP contribution in [0.5, 0.6) is 11.5 Å². The lowest BCUT2D eigenvalue weighted by Gasteiger charge is -2.10. The third-order valence-electron chi connectivity index (χ3n) is 3.41. The van der Waals surface area contributed by atoms with Gasteiger partial charge in [-0.1, -0.05) is 12.1 Å². The van der Waals surface area contributed by atoms with Gasteiger partial charge < -0.3 is 15.5 Å². The summed E-state index contributed by atoms with van der Waals surface area (Å²) in [5.74, 6) is 0.811. The molecular formula is C18H17N3O2. The van der Waals surface area contributed by atoms with Gasteiger partial charge in [-0.3, -0.25) is 0 Å². The Morgan fingerprint density at radius 1 is 0.957 bits per heavy atom. The van der Waals surface area contributed by atoms with Gasteiger partial charge in [0.1, 0.15) is 11.5 Å². The molecular weight excluding hydrogens is 290 g/mol. The largest absolute Gasteiger partial charge is 0.508 e. The molecule has 0 fully saturated rings. The van der Waals surface area contributed by atoms with Crippen molar-refractivity contribution in [2.75, 3.05) is 5.32 Å². The molecule has 23 heavy (non-hydrogen) atoms. The predicted octanol–water partition coefficient (Wildman–Crippen LogP) is 3.92. The number of aromatic nitrogens is 2. The average Bonchev–Trinajstić information content (AvgIpc) is 2.48. The predicted molar refractivity (Wildman–Crippen MR) is 90.0 cm³/mol. The molecule has 3 rings (SSSR count). The summed E-state index contributed by atoms with van der Waals surface area (Å²) in [6.45, 7) is 3.82. The number of phenolic OH excluding ortho intramolecular Hbond substituents is 2. The molecule has 0 aliphatic heterocycles. The molecule has 0 aliphatic rings. The van der Waals surface area contributed by atoms with Gasteiger partial charge in [0.25, 0.3) is 0 Å². The van der Waals surface area contributed by atoms with Crippen LogP contribution in [0.4, 0.5) is 11.6 Å². The molecule has 5 nitrogen and oxygen atoms in total. The maximum Gasteiger partial charge on any atom is 0.227 e. The van der Waals surface area contributed by atoms with Crippen LogP contribution < -0.4 is 5.32 Å². The summed E-state index contributed by atoms with van der Waals surface area (Å²) in [5, 5.41) is 22.4. The monoisotopic (exact) mass is 307 g/mol. The fourth-order valence-electron chi connectivity index (χ4n) is 2.41. The van der Waals surface area contributed by atoms with Crippen molar-refractivity contribution in [2.24, 2.45) is 0 Å². The minimum Gasteiger partial charge on any atom is -0.508 e. The van der Waals surface area contributed by atoms with Gasteiger partial charge in [-0.15, -0.1) is 0 Å². The van der Waals surface area contributed by atoms with E-state index < -0.39 is 0 Å². The van der Waals surface area contributed by atoms with E-state index in [4.69, 9.17) is 0 Å². The number of benzene rings is 2. The molecule has 5 heteroatoms. The molecule has 0 saturated carbocycles. The zero-order chi connectivity index (χ0) is 16.4. The lowest BCUT2D eigenvalue weighted by molar-refractivity contribution is 0.474. The molecule has 3 aromatic rings. The Balaban J connectivity index is 1.97. The van der Waals surface area contributed by atoms with Gasteiger partial charge in [-0.05, 0) is 49.2 Å². The second-order valence-electron chi connectivity index (χ2n) is 5.46. The molecule has 116 valence electrons. The molecule has 1 aromatic heterocycles. The Labute approximate surface area is 134 Å². The molecule has 0 amide bonds. The van der Waals surface area contributed by atoms with E-state index in [2.05, 4.69) is 15.3 Å². The van der Waals surface area contributed by atoms with Crippen LogP contribution in [-0.4, -0.2) is 20.2 Å². The van der Waals surface area contributed by atoms with Gasteiger partial charge in [0.05, 0.1) is 5.69 Å². The van der Waals surface area contributed by atoms with Gasteiger partial charge in [-0.25, -0.2) is 9.97 Å². The van der Waals surface area contributed by atoms with Crippen LogP contribution in [0.1, 0.15) is 11.1 Å². The lowest BCUT2D eigenvalue weighted by atomic mass is 10.1. The van der Waals surface area contributed by atoms with Crippen LogP contribution in [0.2, 0.25) is 0 Å². The van der Waals surface area contributed by atoms with Gasteiger partial charge in [0.2, 0.25) is 5.95 Å². The standard InChI is InChI=1S/C18H17N3O2/c1-11-6-14(9-16(23)7-11)20-18-19-10-12(2)17(21-18)13-4-3-5-15(22)8-13/h3-10,22-23H,1-2H3,(H,19,20,21). The first-order chi connectivity index (χ1) is 11.0. The van der Waals surface area contributed by atoms with Crippen molar-refractivity contribution in [3.8, 4) is 22.8 Å². The van der Waals surface area contributed by atoms with Crippen LogP contribution >= 0.6 is 0 Å². The van der Waals surface area contributed by atoms with Crippen molar-refractivity contribution in [3.63, 3.8) is 0 Å². The minimum atomic E-state index is 0.188. The quantitative estimate of drug-likeness (QED) is 0.683. The number of rotatable bonds is 3. The molecule has 0 spiro atoms. The number of phenols is 2. The number of nitrogens with zero attached hydrogens (tertiary/aromatic N) is 2. The van der Waals surface area contributed by atoms with Crippen molar-refractivity contribution in [2.45, 2.75) is 13.8 Å². The lowest BCUT2D eigenvalue weighted by Crippen LogP contribution is -2.00. The van der Waals surface area contributed by atoms with Crippen molar-refractivity contribution in [3.05, 3.63) is 59.8 Å². The molecule has 0 bridgehead atoms. The van der Waals surface area contributed by atoms with E-state index >= 15 is 0 Å². The number of aromatic hydroxyl groups is 2. The molecule has 3 N–H and O–H groups in total. The topological polar surface area (TPSA) is 78.3 Å². The Morgan fingerprint density at radius 2 is 1.78 bits per heavy atom. The molecule has 1 heterocycles. The van der Waals surface area contributed by atoms with Gasteiger partial charge >= 0.3 is 0 Å². The third-order valence-corrected chi connectivity index (χ3v) is 3.41. The van der Waals surface area contributed by atoms with Crippen LogP contribution in [0.3, 0.4) is 0 Å². The molecule has 0 saturated heterocycles. The molecule has 0 aliphatic carbocycles. The summed E-state index contributed by atoms with van der Waals surface area (Å²) in [6, 6.07) is 12.1. The van der Waals surface area contributed by atoms with Crippen molar-refractivity contribution in [1.29, 1.82) is 0 Å². The third kappa shape index (κ3) is 3.40. The number of aryl methyl sites for hydroxylation is 2. The van der Waals surface area contributed by atoms with Crippen LogP contribution in [0.15, 0.2) is 48.7 Å². The second kappa shape index (κ2) is 5.96. The average molecular weight is 307 g/mol. The highest BCUT2D eigenvalue weighted by Crippen LogP contribution is 2.26. The first-order valence-corrected chi connectivity index (χ1v) is 7.22. The molecule has 0 radical (unpaired) electrons. The smallest absolute Gasteiger partial charge is 0.227 e. The van der Waals surface area contributed by atoms with Gasteiger partial charge in [-0.2, -0.15) is 0 Å². The van der Waals surface area contributed by atoms with Crippen molar-refractivity contribution < 1.29 is 10.2 Å². The highest BCUT2D eigenvalue weighted by Gasteiger charge is 2.08. The fourth-order valence-corrected chi connectivity index (χ4v) is 2.41. The number of hydrogen-bond donors (Lipinski definition) is 3. The number of hydrogen-bond acceptors (Lipinski definition) is 5. The van der Waals surface area contributed by atoms with E-state index in [0.717, 1.165) is 22.4 Å². The highest BCUT2D eigenvalue weighted by atomic mass is 16.3. The summed E-state index contributed by atoms with van der Waals surface area (Å²) in [6.07, 6.45) is 1.73. The zero-order valence-corrected chi connectivity index (χ0v) is 12.9. The molecule has 0 unspecified atom stereocenters. The SMILES string of the molecule is Cc1cc(O)cc(Nc2ncc(C)c(-c3cccc(O)c3)n2)c1. The van der Waals surface area contributed by atoms with E-state index in [9.17, 15) is 10.2 Å². The van der Waals surface area contributed by atoms with E-state index in [1.54, 1.807) is 36.5 Å². The summed E-state index contributed by atoms with van der Waals surface area (Å²) in [4.78, 5) is 8.80. The summed E-state index contributed by atoms with van der Waals surface area (Å²) in [5.41, 5.74) is 4.13. The first kappa shape index (κ1) is 14.8. The van der Waals surface area contributed by atoms with Crippen molar-refractivity contribution >= 4 is 11.6 Å². The fraction of sp³-hybridized carbons (Fsp3) is 0.111. The van der Waals surface area contributed by atoms with Gasteiger partial charge in [0.15, 0.2) is 0 Å². The highest BCUT2D eigenvalue weighted by molar-refractivity contribution is 5.66. The number of anilines is 2. The van der Waals surface area contributed by atoms with Crippen LogP contribution in [0, 0.1) is 13.8 Å². The first-order valence-electron chi connectivity index (χ1n) is 7.22.